The lowest BCUT2D eigenvalue weighted by atomic mass is 9.61. The molecule has 1 rings (SSSR count). The summed E-state index contributed by atoms with van der Waals surface area (Å²) in [7, 11) is 0. The molecule has 2 unspecified atom stereocenters. The average molecular weight is 227 g/mol. The molecule has 0 saturated carbocycles. The minimum Gasteiger partial charge on any atom is -0.361 e. The van der Waals surface area contributed by atoms with Crippen LogP contribution in [0.5, 0.6) is 0 Å². The molecule has 0 aliphatic carbocycles. The van der Waals surface area contributed by atoms with E-state index in [1.54, 1.807) is 0 Å². The lowest BCUT2D eigenvalue weighted by Gasteiger charge is -2.47. The average Bonchev–Trinajstić information content (AvgIpc) is 2.47. The topological polar surface area (TPSA) is 21.3 Å². The van der Waals surface area contributed by atoms with Crippen molar-refractivity contribution in [2.45, 2.75) is 67.5 Å². The second-order valence-electron chi connectivity index (χ2n) is 7.75. The fourth-order valence-corrected chi connectivity index (χ4v) is 2.28. The third kappa shape index (κ3) is 2.43. The first kappa shape index (κ1) is 14.0. The summed E-state index contributed by atoms with van der Waals surface area (Å²) in [6.45, 7) is 19.1. The van der Waals surface area contributed by atoms with Gasteiger partial charge in [-0.1, -0.05) is 55.4 Å². The van der Waals surface area contributed by atoms with Crippen molar-refractivity contribution >= 4 is 0 Å². The second kappa shape index (κ2) is 3.99. The fraction of sp³-hybridized carbons (Fsp3) is 1.00. The van der Waals surface area contributed by atoms with Crippen LogP contribution in [0.1, 0.15) is 55.4 Å². The third-order valence-electron chi connectivity index (χ3n) is 4.43. The zero-order valence-electron chi connectivity index (χ0n) is 12.3. The highest BCUT2D eigenvalue weighted by molar-refractivity contribution is 5.01. The van der Waals surface area contributed by atoms with E-state index in [0.29, 0.717) is 18.9 Å². The van der Waals surface area contributed by atoms with Crippen LogP contribution in [0.15, 0.2) is 0 Å². The molecule has 0 radical (unpaired) electrons. The Morgan fingerprint density at radius 2 is 1.44 bits per heavy atom. The quantitative estimate of drug-likeness (QED) is 0.741. The first-order chi connectivity index (χ1) is 6.98. The van der Waals surface area contributed by atoms with E-state index < -0.39 is 0 Å². The van der Waals surface area contributed by atoms with Gasteiger partial charge in [-0.15, -0.1) is 0 Å². The Labute approximate surface area is 101 Å². The van der Waals surface area contributed by atoms with Crippen LogP contribution in [0.2, 0.25) is 0 Å². The van der Waals surface area contributed by atoms with E-state index in [4.69, 9.17) is 4.74 Å². The Morgan fingerprint density at radius 1 is 0.938 bits per heavy atom. The van der Waals surface area contributed by atoms with Crippen molar-refractivity contribution in [2.75, 3.05) is 6.73 Å². The van der Waals surface area contributed by atoms with E-state index in [9.17, 15) is 0 Å². The molecule has 2 heteroatoms. The van der Waals surface area contributed by atoms with Crippen LogP contribution in [0.25, 0.3) is 0 Å². The van der Waals surface area contributed by atoms with Crippen LogP contribution in [0, 0.1) is 16.2 Å². The van der Waals surface area contributed by atoms with E-state index in [1.165, 1.54) is 0 Å². The molecule has 2 atom stereocenters. The number of rotatable bonds is 1. The highest BCUT2D eigenvalue weighted by Gasteiger charge is 2.49. The summed E-state index contributed by atoms with van der Waals surface area (Å²) in [5.41, 5.74) is 0.667. The Bertz CT molecular complexity index is 244. The lowest BCUT2D eigenvalue weighted by molar-refractivity contribution is -0.0237. The molecule has 1 heterocycles. The highest BCUT2D eigenvalue weighted by atomic mass is 16.5. The van der Waals surface area contributed by atoms with Gasteiger partial charge in [0.05, 0.1) is 12.8 Å². The summed E-state index contributed by atoms with van der Waals surface area (Å²) < 4.78 is 5.90. The van der Waals surface area contributed by atoms with Crippen molar-refractivity contribution in [1.82, 2.24) is 5.32 Å². The zero-order chi connectivity index (χ0) is 12.8. The Morgan fingerprint density at radius 3 is 1.81 bits per heavy atom. The molecule has 1 N–H and O–H groups in total. The SMILES string of the molecule is CC(C)(C)C1OCNC1C(C)(C)C(C)(C)C. The minimum absolute atomic E-state index is 0.191. The van der Waals surface area contributed by atoms with Gasteiger partial charge < -0.3 is 4.74 Å². The normalized spacial score (nSPS) is 28.5. The van der Waals surface area contributed by atoms with Gasteiger partial charge in [0.25, 0.3) is 0 Å². The minimum atomic E-state index is 0.191. The highest BCUT2D eigenvalue weighted by Crippen LogP contribution is 2.46. The number of nitrogens with one attached hydrogen (secondary N) is 1. The zero-order valence-corrected chi connectivity index (χ0v) is 12.3. The van der Waals surface area contributed by atoms with Crippen molar-refractivity contribution in [2.24, 2.45) is 16.2 Å². The summed E-state index contributed by atoms with van der Waals surface area (Å²) in [6.07, 6.45) is 0.293. The molecule has 16 heavy (non-hydrogen) atoms. The maximum atomic E-state index is 5.90. The molecule has 0 aromatic rings. The molecule has 0 aromatic heterocycles. The van der Waals surface area contributed by atoms with Gasteiger partial charge in [0, 0.05) is 6.04 Å². The maximum absolute atomic E-state index is 5.90. The molecule has 0 spiro atoms. The monoisotopic (exact) mass is 227 g/mol. The van der Waals surface area contributed by atoms with Crippen LogP contribution in [0.3, 0.4) is 0 Å². The van der Waals surface area contributed by atoms with Gasteiger partial charge in [0.2, 0.25) is 0 Å². The van der Waals surface area contributed by atoms with Crippen LogP contribution < -0.4 is 5.32 Å². The van der Waals surface area contributed by atoms with E-state index in [1.807, 2.05) is 0 Å². The van der Waals surface area contributed by atoms with E-state index in [2.05, 4.69) is 60.7 Å². The predicted octanol–water partition coefficient (Wildman–Crippen LogP) is 3.42. The van der Waals surface area contributed by atoms with Crippen molar-refractivity contribution < 1.29 is 4.74 Å². The van der Waals surface area contributed by atoms with Gasteiger partial charge in [-0.3, -0.25) is 5.32 Å². The molecule has 0 amide bonds. The number of hydrogen-bond donors (Lipinski definition) is 1. The number of hydrogen-bond acceptors (Lipinski definition) is 2. The first-order valence-corrected chi connectivity index (χ1v) is 6.33. The third-order valence-corrected chi connectivity index (χ3v) is 4.43. The van der Waals surface area contributed by atoms with Gasteiger partial charge >= 0.3 is 0 Å². The van der Waals surface area contributed by atoms with Crippen LogP contribution in [-0.2, 0) is 4.74 Å². The summed E-state index contributed by atoms with van der Waals surface area (Å²) >= 11 is 0. The van der Waals surface area contributed by atoms with E-state index >= 15 is 0 Å². The number of ether oxygens (including phenoxy) is 1. The van der Waals surface area contributed by atoms with Crippen molar-refractivity contribution in [3.8, 4) is 0 Å². The molecule has 0 bridgehead atoms. The fourth-order valence-electron chi connectivity index (χ4n) is 2.28. The Hall–Kier alpha value is -0.0800. The molecule has 0 aromatic carbocycles. The summed E-state index contributed by atoms with van der Waals surface area (Å²) in [4.78, 5) is 0. The van der Waals surface area contributed by atoms with E-state index in [-0.39, 0.29) is 16.2 Å². The maximum Gasteiger partial charge on any atom is 0.0973 e. The first-order valence-electron chi connectivity index (χ1n) is 6.33. The van der Waals surface area contributed by atoms with Gasteiger partial charge in [-0.05, 0) is 16.2 Å². The largest absolute Gasteiger partial charge is 0.361 e. The van der Waals surface area contributed by atoms with Gasteiger partial charge in [0.1, 0.15) is 0 Å². The van der Waals surface area contributed by atoms with Gasteiger partial charge in [-0.2, -0.15) is 0 Å². The Kier molecular flexibility index (Phi) is 3.49. The molecule has 1 aliphatic rings. The van der Waals surface area contributed by atoms with Crippen LogP contribution >= 0.6 is 0 Å². The molecule has 96 valence electrons. The lowest BCUT2D eigenvalue weighted by Crippen LogP contribution is -2.53. The summed E-state index contributed by atoms with van der Waals surface area (Å²) in [5, 5.41) is 3.54. The summed E-state index contributed by atoms with van der Waals surface area (Å²) in [5.74, 6) is 0. The molecular weight excluding hydrogens is 198 g/mol. The standard InChI is InChI=1S/C14H29NO/c1-12(2,3)11-10(15-9-16-11)14(7,8)13(4,5)6/h10-11,15H,9H2,1-8H3. The summed E-state index contributed by atoms with van der Waals surface area (Å²) in [6, 6.07) is 0.424. The van der Waals surface area contributed by atoms with Crippen LogP contribution in [0.4, 0.5) is 0 Å². The predicted molar refractivity (Wildman–Crippen MR) is 69.4 cm³/mol. The molecule has 1 aliphatic heterocycles. The van der Waals surface area contributed by atoms with Gasteiger partial charge in [-0.25, -0.2) is 0 Å². The molecular formula is C14H29NO. The molecule has 2 nitrogen and oxygen atoms in total. The second-order valence-corrected chi connectivity index (χ2v) is 7.75. The molecule has 1 fully saturated rings. The van der Waals surface area contributed by atoms with Crippen molar-refractivity contribution in [3.63, 3.8) is 0 Å². The van der Waals surface area contributed by atoms with Crippen molar-refractivity contribution in [3.05, 3.63) is 0 Å². The van der Waals surface area contributed by atoms with E-state index in [0.717, 1.165) is 0 Å². The molecule has 1 saturated heterocycles. The van der Waals surface area contributed by atoms with Crippen LogP contribution in [-0.4, -0.2) is 18.9 Å². The smallest absolute Gasteiger partial charge is 0.0973 e. The van der Waals surface area contributed by atoms with Gasteiger partial charge in [0.15, 0.2) is 0 Å². The van der Waals surface area contributed by atoms with Crippen molar-refractivity contribution in [1.29, 1.82) is 0 Å². The Balaban J connectivity index is 2.96.